The molecule has 26 valence electrons. The van der Waals surface area contributed by atoms with Gasteiger partial charge in [0.1, 0.15) is 0 Å². The Hall–Kier alpha value is 1.19. The van der Waals surface area contributed by atoms with Gasteiger partial charge in [-0.1, -0.05) is 0 Å². The van der Waals surface area contributed by atoms with E-state index in [-0.39, 0.29) is 57.0 Å². The van der Waals surface area contributed by atoms with E-state index in [0.717, 1.165) is 0 Å². The van der Waals surface area contributed by atoms with Crippen molar-refractivity contribution in [3.8, 4) is 0 Å². The molecule has 0 aliphatic heterocycles. The zero-order chi connectivity index (χ0) is 0. The van der Waals surface area contributed by atoms with Crippen LogP contribution >= 0.6 is 0 Å². The maximum atomic E-state index is 0. The van der Waals surface area contributed by atoms with Crippen LogP contribution in [0.1, 0.15) is 0 Å². The summed E-state index contributed by atoms with van der Waals surface area (Å²) < 4.78 is 0. The average Bonchev–Trinajstić information content (AvgIpc) is 0. The van der Waals surface area contributed by atoms with Gasteiger partial charge in [-0.2, -0.15) is 0 Å². The molecule has 0 aromatic carbocycles. The molecule has 0 spiro atoms. The van der Waals surface area contributed by atoms with Gasteiger partial charge in [0.05, 0.1) is 0 Å². The first kappa shape index (κ1) is 118. The summed E-state index contributed by atoms with van der Waals surface area (Å²) in [5.41, 5.74) is 0. The van der Waals surface area contributed by atoms with Crippen molar-refractivity contribution >= 4 is 0 Å². The van der Waals surface area contributed by atoms with Gasteiger partial charge in [-0.05, 0) is 0 Å². The van der Waals surface area contributed by atoms with Crippen molar-refractivity contribution in [2.24, 2.45) is 0 Å². The van der Waals surface area contributed by atoms with Crippen LogP contribution in [0.3, 0.4) is 0 Å². The topological polar surface area (TPSA) is 85.5 Å². The quantitative estimate of drug-likeness (QED) is 0.488. The van der Waals surface area contributed by atoms with Gasteiger partial charge in [0, 0.05) is 19.5 Å². The van der Waals surface area contributed by atoms with E-state index >= 15 is 0 Å². The Labute approximate surface area is 57.1 Å². The third kappa shape index (κ3) is 37.2. The van der Waals surface area contributed by atoms with E-state index in [1.165, 1.54) is 0 Å². The summed E-state index contributed by atoms with van der Waals surface area (Å²) >= 11 is 0. The van der Waals surface area contributed by atoms with Crippen molar-refractivity contribution in [2.75, 3.05) is 0 Å². The Morgan fingerprint density at radius 2 is 0.600 bits per heavy atom. The largest absolute Gasteiger partial charge is 6.00 e. The van der Waals surface area contributed by atoms with E-state index in [4.69, 9.17) is 0 Å². The number of rotatable bonds is 0. The molecular weight excluding hydrogens is 209 g/mol. The van der Waals surface area contributed by atoms with E-state index in [1.807, 2.05) is 0 Å². The van der Waals surface area contributed by atoms with E-state index in [1.54, 1.807) is 0 Å². The van der Waals surface area contributed by atoms with Gasteiger partial charge in [0.15, 0.2) is 0 Å². The smallest absolute Gasteiger partial charge is 2.00 e. The Morgan fingerprint density at radius 1 is 0.600 bits per heavy atom. The standard InChI is InChI=1S/Mo.3O.Zn/q+6;3*-2;. The fourth-order valence-electron chi connectivity index (χ4n) is 0. The Balaban J connectivity index is 0. The minimum absolute atomic E-state index is 0. The molecule has 0 rings (SSSR count). The maximum absolute atomic E-state index is 0. The molecule has 0 radical (unpaired) electrons. The molecule has 0 saturated carbocycles. The maximum Gasteiger partial charge on any atom is 6.00 e. The molecule has 0 aliphatic rings. The molecule has 0 fully saturated rings. The third-order valence-electron chi connectivity index (χ3n) is 0. The first-order chi connectivity index (χ1) is 0. The number of hydrogen-bond donors (Lipinski definition) is 0. The first-order valence-corrected chi connectivity index (χ1v) is 0. The molecule has 5 heavy (non-hydrogen) atoms. The normalized spacial score (nSPS) is 0. The molecule has 0 aliphatic carbocycles. The van der Waals surface area contributed by atoms with Crippen LogP contribution in [-0.2, 0) is 57.0 Å². The summed E-state index contributed by atoms with van der Waals surface area (Å²) in [6.45, 7) is 0. The predicted molar refractivity (Wildman–Crippen MR) is 2.06 cm³/mol. The SMILES string of the molecule is [Mo+6].[O-2].[O-2].[O-2].[Zn]. The van der Waals surface area contributed by atoms with Crippen molar-refractivity contribution in [3.63, 3.8) is 0 Å². The molecule has 0 aromatic rings. The minimum Gasteiger partial charge on any atom is -2.00 e. The Morgan fingerprint density at radius 3 is 0.600 bits per heavy atom. The summed E-state index contributed by atoms with van der Waals surface area (Å²) in [4.78, 5) is 0. The minimum atomic E-state index is 0. The summed E-state index contributed by atoms with van der Waals surface area (Å²) in [6, 6.07) is 0. The molecular formula is MoO3Zn. The van der Waals surface area contributed by atoms with Gasteiger partial charge in [0.25, 0.3) is 0 Å². The second kappa shape index (κ2) is 64.2. The van der Waals surface area contributed by atoms with E-state index in [9.17, 15) is 0 Å². The predicted octanol–water partition coefficient (Wildman–Crippen LogP) is -0.361. The Kier molecular flexibility index (Phi) is 1510. The van der Waals surface area contributed by atoms with Crippen LogP contribution in [0, 0.1) is 0 Å². The van der Waals surface area contributed by atoms with Gasteiger partial charge in [0.2, 0.25) is 0 Å². The molecule has 5 heteroatoms. The van der Waals surface area contributed by atoms with Crippen molar-refractivity contribution < 1.29 is 57.0 Å². The van der Waals surface area contributed by atoms with Crippen molar-refractivity contribution in [1.82, 2.24) is 0 Å². The second-order valence-corrected chi connectivity index (χ2v) is 0. The molecule has 0 aromatic heterocycles. The molecule has 0 N–H and O–H groups in total. The van der Waals surface area contributed by atoms with E-state index < -0.39 is 0 Å². The summed E-state index contributed by atoms with van der Waals surface area (Å²) in [5, 5.41) is 0. The fourth-order valence-corrected chi connectivity index (χ4v) is 0. The first-order valence-electron chi connectivity index (χ1n) is 0. The molecule has 0 unspecified atom stereocenters. The monoisotopic (exact) mass is 210 g/mol. The van der Waals surface area contributed by atoms with Crippen LogP contribution in [0.4, 0.5) is 0 Å². The van der Waals surface area contributed by atoms with Crippen LogP contribution in [0.15, 0.2) is 0 Å². The zero-order valence-electron chi connectivity index (χ0n) is 2.34. The molecule has 3 nitrogen and oxygen atoms in total. The summed E-state index contributed by atoms with van der Waals surface area (Å²) in [5.74, 6) is 0. The zero-order valence-corrected chi connectivity index (χ0v) is 7.31. The van der Waals surface area contributed by atoms with Gasteiger partial charge >= 0.3 is 21.1 Å². The Bertz CT molecular complexity index is 6.85. The van der Waals surface area contributed by atoms with Gasteiger partial charge in [-0.15, -0.1) is 0 Å². The van der Waals surface area contributed by atoms with Crippen molar-refractivity contribution in [2.45, 2.75) is 0 Å². The summed E-state index contributed by atoms with van der Waals surface area (Å²) in [6.07, 6.45) is 0. The number of hydrogen-bond acceptors (Lipinski definition) is 0. The van der Waals surface area contributed by atoms with Crippen LogP contribution in [0.5, 0.6) is 0 Å². The van der Waals surface area contributed by atoms with Crippen LogP contribution in [0.25, 0.3) is 0 Å². The van der Waals surface area contributed by atoms with Crippen molar-refractivity contribution in [1.29, 1.82) is 0 Å². The van der Waals surface area contributed by atoms with Gasteiger partial charge in [-0.25, -0.2) is 0 Å². The molecule has 0 bridgehead atoms. The van der Waals surface area contributed by atoms with Gasteiger partial charge < -0.3 is 16.4 Å². The molecule has 0 atom stereocenters. The molecule has 0 amide bonds. The average molecular weight is 209 g/mol. The van der Waals surface area contributed by atoms with Crippen LogP contribution < -0.4 is 0 Å². The fraction of sp³-hybridized carbons (Fsp3) is 0. The van der Waals surface area contributed by atoms with Crippen LogP contribution in [0.2, 0.25) is 0 Å². The van der Waals surface area contributed by atoms with Crippen LogP contribution in [-0.4, -0.2) is 0 Å². The second-order valence-electron chi connectivity index (χ2n) is 0. The summed E-state index contributed by atoms with van der Waals surface area (Å²) in [7, 11) is 0. The third-order valence-corrected chi connectivity index (χ3v) is 0. The van der Waals surface area contributed by atoms with E-state index in [2.05, 4.69) is 0 Å². The van der Waals surface area contributed by atoms with Gasteiger partial charge in [-0.3, -0.25) is 0 Å². The van der Waals surface area contributed by atoms with Crippen molar-refractivity contribution in [3.05, 3.63) is 0 Å². The molecule has 0 heterocycles. The molecule has 0 saturated heterocycles. The van der Waals surface area contributed by atoms with E-state index in [0.29, 0.717) is 0 Å².